The summed E-state index contributed by atoms with van der Waals surface area (Å²) in [5.41, 5.74) is 2.42. The number of aryl methyl sites for hydroxylation is 2. The van der Waals surface area contributed by atoms with E-state index in [2.05, 4.69) is 46.0 Å². The van der Waals surface area contributed by atoms with E-state index >= 15 is 0 Å². The second-order valence-corrected chi connectivity index (χ2v) is 5.52. The minimum Gasteiger partial charge on any atom is -0.357 e. The predicted molar refractivity (Wildman–Crippen MR) is 83.9 cm³/mol. The molecule has 0 aromatic carbocycles. The molecule has 0 aliphatic heterocycles. The largest absolute Gasteiger partial charge is 0.357 e. The molecule has 108 valence electrons. The van der Waals surface area contributed by atoms with E-state index in [1.165, 1.54) is 10.4 Å². The Morgan fingerprint density at radius 3 is 2.85 bits per heavy atom. The molecule has 5 nitrogen and oxygen atoms in total. The Morgan fingerprint density at radius 2 is 2.25 bits per heavy atom. The minimum absolute atomic E-state index is 0.620. The highest BCUT2D eigenvalue weighted by Gasteiger charge is 2.03. The third kappa shape index (κ3) is 3.84. The van der Waals surface area contributed by atoms with Gasteiger partial charge in [0.05, 0.1) is 18.8 Å². The minimum atomic E-state index is 0.620. The van der Waals surface area contributed by atoms with E-state index in [0.717, 1.165) is 24.7 Å². The van der Waals surface area contributed by atoms with Crippen molar-refractivity contribution >= 4 is 17.3 Å². The fraction of sp³-hybridized carbons (Fsp3) is 0.429. The molecular weight excluding hydrogens is 270 g/mol. The lowest BCUT2D eigenvalue weighted by Crippen LogP contribution is -2.36. The third-order valence-electron chi connectivity index (χ3n) is 3.05. The van der Waals surface area contributed by atoms with E-state index in [4.69, 9.17) is 0 Å². The van der Waals surface area contributed by atoms with Crippen molar-refractivity contribution in [2.45, 2.75) is 26.9 Å². The van der Waals surface area contributed by atoms with Crippen molar-refractivity contribution in [3.05, 3.63) is 39.8 Å². The van der Waals surface area contributed by atoms with E-state index in [9.17, 15) is 0 Å². The van der Waals surface area contributed by atoms with Crippen molar-refractivity contribution in [3.8, 4) is 0 Å². The van der Waals surface area contributed by atoms with Gasteiger partial charge in [-0.15, -0.1) is 11.3 Å². The Kier molecular flexibility index (Phi) is 5.17. The van der Waals surface area contributed by atoms with Crippen molar-refractivity contribution in [3.63, 3.8) is 0 Å². The Labute approximate surface area is 123 Å². The molecule has 0 bridgehead atoms. The van der Waals surface area contributed by atoms with Gasteiger partial charge in [0.25, 0.3) is 0 Å². The van der Waals surface area contributed by atoms with Crippen LogP contribution in [0.5, 0.6) is 0 Å². The topological polar surface area (TPSA) is 54.2 Å². The lowest BCUT2D eigenvalue weighted by molar-refractivity contribution is 0.707. The van der Waals surface area contributed by atoms with Gasteiger partial charge in [-0.05, 0) is 36.9 Å². The van der Waals surface area contributed by atoms with Crippen LogP contribution in [0.4, 0.5) is 0 Å². The highest BCUT2D eigenvalue weighted by molar-refractivity contribution is 7.10. The highest BCUT2D eigenvalue weighted by Crippen LogP contribution is 2.14. The van der Waals surface area contributed by atoms with E-state index in [-0.39, 0.29) is 0 Å². The van der Waals surface area contributed by atoms with Crippen molar-refractivity contribution in [1.29, 1.82) is 0 Å². The lowest BCUT2D eigenvalue weighted by atomic mass is 10.3. The summed E-state index contributed by atoms with van der Waals surface area (Å²) in [7, 11) is 1.93. The van der Waals surface area contributed by atoms with E-state index < -0.39 is 0 Å². The van der Waals surface area contributed by atoms with Crippen molar-refractivity contribution in [2.75, 3.05) is 6.54 Å². The lowest BCUT2D eigenvalue weighted by Gasteiger charge is -2.11. The summed E-state index contributed by atoms with van der Waals surface area (Å²) in [6.45, 7) is 6.47. The molecule has 0 fully saturated rings. The summed E-state index contributed by atoms with van der Waals surface area (Å²) >= 11 is 1.77. The van der Waals surface area contributed by atoms with Gasteiger partial charge >= 0.3 is 0 Å². The Morgan fingerprint density at radius 1 is 1.40 bits per heavy atom. The van der Waals surface area contributed by atoms with Gasteiger partial charge < -0.3 is 10.6 Å². The maximum absolute atomic E-state index is 4.58. The number of hydrogen-bond donors (Lipinski definition) is 2. The molecule has 0 saturated carbocycles. The number of hydrogen-bond acceptors (Lipinski definition) is 3. The molecule has 2 aromatic rings. The van der Waals surface area contributed by atoms with Crippen LogP contribution in [0.2, 0.25) is 0 Å². The first-order chi connectivity index (χ1) is 9.70. The fourth-order valence-electron chi connectivity index (χ4n) is 1.81. The van der Waals surface area contributed by atoms with Crippen LogP contribution in [0.15, 0.2) is 28.7 Å². The van der Waals surface area contributed by atoms with Crippen LogP contribution < -0.4 is 10.6 Å². The van der Waals surface area contributed by atoms with Gasteiger partial charge in [-0.3, -0.25) is 4.68 Å². The van der Waals surface area contributed by atoms with Gasteiger partial charge in [0.15, 0.2) is 5.96 Å². The standard InChI is InChI=1S/C14H21N5S/c1-4-15-14(16-9-12-5-7-18-19(12)3)17-10-13-11(2)6-8-20-13/h5-8H,4,9-10H2,1-3H3,(H2,15,16,17). The Balaban J connectivity index is 1.96. The second-order valence-electron chi connectivity index (χ2n) is 4.52. The molecule has 0 unspecified atom stereocenters. The molecule has 6 heteroatoms. The molecule has 2 heterocycles. The Hall–Kier alpha value is -1.82. The van der Waals surface area contributed by atoms with Gasteiger partial charge in [-0.2, -0.15) is 5.10 Å². The summed E-state index contributed by atoms with van der Waals surface area (Å²) in [4.78, 5) is 5.93. The highest BCUT2D eigenvalue weighted by atomic mass is 32.1. The van der Waals surface area contributed by atoms with E-state index in [0.29, 0.717) is 6.54 Å². The molecule has 0 aliphatic rings. The average Bonchev–Trinajstić information content (AvgIpc) is 3.02. The van der Waals surface area contributed by atoms with Crippen molar-refractivity contribution in [1.82, 2.24) is 20.4 Å². The molecule has 2 N–H and O–H groups in total. The first-order valence-corrected chi connectivity index (χ1v) is 7.60. The first-order valence-electron chi connectivity index (χ1n) is 6.72. The van der Waals surface area contributed by atoms with Gasteiger partial charge in [-0.1, -0.05) is 0 Å². The van der Waals surface area contributed by atoms with Crippen molar-refractivity contribution in [2.24, 2.45) is 12.0 Å². The smallest absolute Gasteiger partial charge is 0.191 e. The zero-order chi connectivity index (χ0) is 14.4. The number of nitrogens with zero attached hydrogens (tertiary/aromatic N) is 3. The number of aromatic nitrogens is 2. The quantitative estimate of drug-likeness (QED) is 0.655. The molecule has 0 radical (unpaired) electrons. The van der Waals surface area contributed by atoms with E-state index in [1.807, 2.05) is 17.8 Å². The van der Waals surface area contributed by atoms with Gasteiger partial charge in [-0.25, -0.2) is 4.99 Å². The maximum Gasteiger partial charge on any atom is 0.191 e. The summed E-state index contributed by atoms with van der Waals surface area (Å²) in [6, 6.07) is 4.12. The number of guanidine groups is 1. The van der Waals surface area contributed by atoms with Crippen LogP contribution in [0.25, 0.3) is 0 Å². The average molecular weight is 291 g/mol. The molecule has 2 rings (SSSR count). The predicted octanol–water partition coefficient (Wildman–Crippen LogP) is 2.05. The van der Waals surface area contributed by atoms with Gasteiger partial charge in [0.1, 0.15) is 0 Å². The molecule has 0 spiro atoms. The Bertz CT molecular complexity index is 570. The molecule has 2 aromatic heterocycles. The van der Waals surface area contributed by atoms with Crippen LogP contribution in [0.3, 0.4) is 0 Å². The third-order valence-corrected chi connectivity index (χ3v) is 4.07. The zero-order valence-corrected chi connectivity index (χ0v) is 13.0. The van der Waals surface area contributed by atoms with Crippen LogP contribution in [0, 0.1) is 6.92 Å². The van der Waals surface area contributed by atoms with Gasteiger partial charge in [0, 0.05) is 24.7 Å². The normalized spacial score (nSPS) is 11.7. The molecule has 20 heavy (non-hydrogen) atoms. The number of rotatable bonds is 5. The van der Waals surface area contributed by atoms with E-state index in [1.54, 1.807) is 17.5 Å². The molecule has 0 amide bonds. The van der Waals surface area contributed by atoms with Crippen LogP contribution >= 0.6 is 11.3 Å². The molecular formula is C14H21N5S. The zero-order valence-electron chi connectivity index (χ0n) is 12.2. The number of nitrogens with one attached hydrogen (secondary N) is 2. The van der Waals surface area contributed by atoms with Crippen molar-refractivity contribution < 1.29 is 0 Å². The molecule has 0 atom stereocenters. The summed E-state index contributed by atoms with van der Waals surface area (Å²) in [6.07, 6.45) is 1.79. The molecule has 0 aliphatic carbocycles. The number of aliphatic imine (C=N–C) groups is 1. The molecule has 0 saturated heterocycles. The van der Waals surface area contributed by atoms with Crippen LogP contribution in [-0.4, -0.2) is 22.3 Å². The summed E-state index contributed by atoms with van der Waals surface area (Å²) in [5, 5.41) is 12.9. The second kappa shape index (κ2) is 7.09. The van der Waals surface area contributed by atoms with Crippen LogP contribution in [0.1, 0.15) is 23.1 Å². The maximum atomic E-state index is 4.58. The summed E-state index contributed by atoms with van der Waals surface area (Å²) in [5.74, 6) is 0.835. The SMILES string of the molecule is CCNC(=NCc1ccnn1C)NCc1sccc1C. The number of thiophene rings is 1. The van der Waals surface area contributed by atoms with Gasteiger partial charge in [0.2, 0.25) is 0 Å². The first kappa shape index (κ1) is 14.6. The monoisotopic (exact) mass is 291 g/mol. The fourth-order valence-corrected chi connectivity index (χ4v) is 2.65. The summed E-state index contributed by atoms with van der Waals surface area (Å²) < 4.78 is 1.84. The van der Waals surface area contributed by atoms with Crippen LogP contribution in [-0.2, 0) is 20.1 Å².